The highest BCUT2D eigenvalue weighted by atomic mass is 16.5. The first-order chi connectivity index (χ1) is 10.3. The lowest BCUT2D eigenvalue weighted by Gasteiger charge is -2.01. The molecule has 0 unspecified atom stereocenters. The Hall–Kier alpha value is -0.630. The van der Waals surface area contributed by atoms with Crippen molar-refractivity contribution in [2.75, 3.05) is 13.2 Å². The largest absolute Gasteiger partial charge is 0.381 e. The molecular formula is C19H36O2. The molecule has 0 N–H and O–H groups in total. The molecule has 124 valence electrons. The number of carbonyl (C=O) groups excluding carboxylic acids is 1. The normalized spacial score (nSPS) is 11.3. The van der Waals surface area contributed by atoms with Gasteiger partial charge in [-0.05, 0) is 39.0 Å². The second kappa shape index (κ2) is 17.4. The van der Waals surface area contributed by atoms with Crippen LogP contribution >= 0.6 is 0 Å². The predicted octanol–water partition coefficient (Wildman–Crippen LogP) is 5.85. The van der Waals surface area contributed by atoms with Crippen molar-refractivity contribution in [3.05, 3.63) is 12.2 Å². The van der Waals surface area contributed by atoms with E-state index in [-0.39, 0.29) is 0 Å². The molecular weight excluding hydrogens is 260 g/mol. The maximum Gasteiger partial charge on any atom is 0.129 e. The van der Waals surface area contributed by atoms with Crippen LogP contribution in [0.3, 0.4) is 0 Å². The van der Waals surface area contributed by atoms with E-state index < -0.39 is 0 Å². The molecule has 0 radical (unpaired) electrons. The van der Waals surface area contributed by atoms with Gasteiger partial charge in [-0.25, -0.2) is 0 Å². The molecule has 0 aliphatic carbocycles. The number of Topliss-reactive ketones (excluding diaryl/α,β-unsaturated/α-hetero) is 1. The molecule has 0 spiro atoms. The summed E-state index contributed by atoms with van der Waals surface area (Å²) in [6, 6.07) is 0. The average molecular weight is 296 g/mol. The minimum Gasteiger partial charge on any atom is -0.381 e. The van der Waals surface area contributed by atoms with Gasteiger partial charge in [0.15, 0.2) is 0 Å². The summed E-state index contributed by atoms with van der Waals surface area (Å²) < 4.78 is 5.59. The summed E-state index contributed by atoms with van der Waals surface area (Å²) >= 11 is 0. The number of ketones is 1. The lowest BCUT2D eigenvalue weighted by Crippen LogP contribution is -1.95. The molecule has 0 aliphatic rings. The average Bonchev–Trinajstić information content (AvgIpc) is 2.46. The molecule has 21 heavy (non-hydrogen) atoms. The van der Waals surface area contributed by atoms with Gasteiger partial charge in [0, 0.05) is 13.0 Å². The van der Waals surface area contributed by atoms with Gasteiger partial charge in [-0.1, -0.05) is 57.6 Å². The first kappa shape index (κ1) is 20.4. The predicted molar refractivity (Wildman–Crippen MR) is 91.7 cm³/mol. The number of ether oxygens (including phenoxy) is 1. The minimum absolute atomic E-state index is 0.325. The van der Waals surface area contributed by atoms with Gasteiger partial charge in [-0.2, -0.15) is 0 Å². The summed E-state index contributed by atoms with van der Waals surface area (Å²) in [6.07, 6.45) is 18.8. The fourth-order valence-electron chi connectivity index (χ4n) is 2.29. The van der Waals surface area contributed by atoms with Crippen molar-refractivity contribution < 1.29 is 9.53 Å². The second-order valence-corrected chi connectivity index (χ2v) is 5.94. The van der Waals surface area contributed by atoms with E-state index in [1.165, 1.54) is 57.8 Å². The number of unbranched alkanes of at least 4 members (excludes halogenated alkanes) is 8. The molecule has 0 fully saturated rings. The monoisotopic (exact) mass is 296 g/mol. The number of rotatable bonds is 16. The van der Waals surface area contributed by atoms with E-state index in [0.29, 0.717) is 5.78 Å². The number of hydrogen-bond donors (Lipinski definition) is 0. The Kier molecular flexibility index (Phi) is 16.9. The Labute approximate surface area is 132 Å². The zero-order valence-corrected chi connectivity index (χ0v) is 14.4. The van der Waals surface area contributed by atoms with Crippen LogP contribution in [-0.4, -0.2) is 19.0 Å². The summed E-state index contributed by atoms with van der Waals surface area (Å²) in [6.45, 7) is 5.71. The van der Waals surface area contributed by atoms with Crippen molar-refractivity contribution in [1.29, 1.82) is 0 Å². The first-order valence-corrected chi connectivity index (χ1v) is 8.99. The fourth-order valence-corrected chi connectivity index (χ4v) is 2.29. The summed E-state index contributed by atoms with van der Waals surface area (Å²) in [5.74, 6) is 0.325. The van der Waals surface area contributed by atoms with Crippen LogP contribution < -0.4 is 0 Å². The minimum atomic E-state index is 0.325. The summed E-state index contributed by atoms with van der Waals surface area (Å²) in [5, 5.41) is 0. The molecule has 2 nitrogen and oxygen atoms in total. The van der Waals surface area contributed by atoms with Gasteiger partial charge in [0.25, 0.3) is 0 Å². The Bertz CT molecular complexity index is 246. The molecule has 0 rings (SSSR count). The lowest BCUT2D eigenvalue weighted by atomic mass is 10.1. The van der Waals surface area contributed by atoms with Crippen LogP contribution in [0, 0.1) is 0 Å². The molecule has 0 atom stereocenters. The van der Waals surface area contributed by atoms with Gasteiger partial charge < -0.3 is 9.53 Å². The fraction of sp³-hybridized carbons (Fsp3) is 0.842. The van der Waals surface area contributed by atoms with Crippen molar-refractivity contribution >= 4 is 5.78 Å². The van der Waals surface area contributed by atoms with E-state index in [4.69, 9.17) is 4.74 Å². The van der Waals surface area contributed by atoms with Crippen LogP contribution in [0.5, 0.6) is 0 Å². The van der Waals surface area contributed by atoms with Crippen molar-refractivity contribution in [3.8, 4) is 0 Å². The van der Waals surface area contributed by atoms with E-state index in [1.54, 1.807) is 6.92 Å². The van der Waals surface area contributed by atoms with Crippen LogP contribution in [-0.2, 0) is 9.53 Å². The third kappa shape index (κ3) is 19.4. The topological polar surface area (TPSA) is 26.3 Å². The van der Waals surface area contributed by atoms with E-state index in [0.717, 1.165) is 32.5 Å². The Balaban J connectivity index is 3.07. The van der Waals surface area contributed by atoms with Crippen LogP contribution in [0.2, 0.25) is 0 Å². The third-order valence-corrected chi connectivity index (χ3v) is 3.64. The van der Waals surface area contributed by atoms with Crippen LogP contribution in [0.15, 0.2) is 12.2 Å². The molecule has 0 bridgehead atoms. The van der Waals surface area contributed by atoms with Gasteiger partial charge in [0.1, 0.15) is 5.78 Å². The number of carbonyl (C=O) groups is 1. The van der Waals surface area contributed by atoms with Crippen LogP contribution in [0.4, 0.5) is 0 Å². The molecule has 0 heterocycles. The highest BCUT2D eigenvalue weighted by molar-refractivity contribution is 5.75. The van der Waals surface area contributed by atoms with Gasteiger partial charge in [-0.3, -0.25) is 0 Å². The van der Waals surface area contributed by atoms with Crippen molar-refractivity contribution in [2.24, 2.45) is 0 Å². The SMILES string of the molecule is CCCCCCOCC/C=C/CCCCCCCC(C)=O. The summed E-state index contributed by atoms with van der Waals surface area (Å²) in [5.41, 5.74) is 0. The molecule has 0 aromatic rings. The molecule has 0 aromatic heterocycles. The zero-order valence-electron chi connectivity index (χ0n) is 14.4. The van der Waals surface area contributed by atoms with Crippen molar-refractivity contribution in [3.63, 3.8) is 0 Å². The van der Waals surface area contributed by atoms with Crippen LogP contribution in [0.25, 0.3) is 0 Å². The van der Waals surface area contributed by atoms with Gasteiger partial charge in [-0.15, -0.1) is 0 Å². The highest BCUT2D eigenvalue weighted by Crippen LogP contribution is 2.08. The van der Waals surface area contributed by atoms with E-state index in [2.05, 4.69) is 19.1 Å². The van der Waals surface area contributed by atoms with Gasteiger partial charge in [0.05, 0.1) is 6.61 Å². The third-order valence-electron chi connectivity index (χ3n) is 3.64. The second-order valence-electron chi connectivity index (χ2n) is 5.94. The molecule has 0 amide bonds. The number of allylic oxidation sites excluding steroid dienone is 1. The Morgan fingerprint density at radius 2 is 1.48 bits per heavy atom. The Morgan fingerprint density at radius 3 is 2.24 bits per heavy atom. The molecule has 0 aliphatic heterocycles. The zero-order chi connectivity index (χ0) is 15.6. The van der Waals surface area contributed by atoms with Crippen molar-refractivity contribution in [2.45, 2.75) is 90.9 Å². The van der Waals surface area contributed by atoms with E-state index in [9.17, 15) is 4.79 Å². The van der Waals surface area contributed by atoms with Gasteiger partial charge >= 0.3 is 0 Å². The molecule has 0 saturated heterocycles. The van der Waals surface area contributed by atoms with Gasteiger partial charge in [0.2, 0.25) is 0 Å². The Morgan fingerprint density at radius 1 is 0.810 bits per heavy atom. The van der Waals surface area contributed by atoms with Crippen LogP contribution in [0.1, 0.15) is 90.9 Å². The molecule has 0 saturated carbocycles. The van der Waals surface area contributed by atoms with E-state index in [1.807, 2.05) is 0 Å². The number of hydrogen-bond acceptors (Lipinski definition) is 2. The standard InChI is InChI=1S/C19H36O2/c1-3-4-5-14-17-21-18-15-12-10-8-6-7-9-11-13-16-19(2)20/h10,12H,3-9,11,13-18H2,1-2H3/b12-10+. The van der Waals surface area contributed by atoms with Crippen molar-refractivity contribution in [1.82, 2.24) is 0 Å². The lowest BCUT2D eigenvalue weighted by molar-refractivity contribution is -0.117. The summed E-state index contributed by atoms with van der Waals surface area (Å²) in [4.78, 5) is 10.8. The van der Waals surface area contributed by atoms with E-state index >= 15 is 0 Å². The summed E-state index contributed by atoms with van der Waals surface area (Å²) in [7, 11) is 0. The molecule has 2 heteroatoms. The maximum atomic E-state index is 10.8. The maximum absolute atomic E-state index is 10.8. The highest BCUT2D eigenvalue weighted by Gasteiger charge is 1.93. The quantitative estimate of drug-likeness (QED) is 0.264. The molecule has 0 aromatic carbocycles. The smallest absolute Gasteiger partial charge is 0.129 e. The first-order valence-electron chi connectivity index (χ1n) is 8.99.